The van der Waals surface area contributed by atoms with Crippen LogP contribution in [0.5, 0.6) is 0 Å². The van der Waals surface area contributed by atoms with Crippen LogP contribution in [0.4, 0.5) is 34.1 Å². The average molecular weight is 1300 g/mol. The van der Waals surface area contributed by atoms with Crippen molar-refractivity contribution < 1.29 is 8.83 Å². The van der Waals surface area contributed by atoms with E-state index in [1.807, 2.05) is 6.07 Å². The summed E-state index contributed by atoms with van der Waals surface area (Å²) in [5.41, 5.74) is 27.6. The van der Waals surface area contributed by atoms with Gasteiger partial charge >= 0.3 is 0 Å². The number of hydrogen-bond donors (Lipinski definition) is 0. The number of nitrogens with zero attached hydrogens (tertiary/aromatic N) is 2. The van der Waals surface area contributed by atoms with Crippen LogP contribution >= 0.6 is 0 Å². The lowest BCUT2D eigenvalue weighted by Gasteiger charge is -2.30. The quantitative estimate of drug-likeness (QED) is 0.109. The first-order valence-corrected chi connectivity index (χ1v) is 34.9. The van der Waals surface area contributed by atoms with Crippen LogP contribution in [0.15, 0.2) is 397 Å². The van der Waals surface area contributed by atoms with Gasteiger partial charge in [0.2, 0.25) is 0 Å². The first-order chi connectivity index (χ1) is 50.6. The van der Waals surface area contributed by atoms with Gasteiger partial charge in [-0.25, -0.2) is 0 Å². The molecule has 0 fully saturated rings. The van der Waals surface area contributed by atoms with Crippen molar-refractivity contribution in [2.24, 2.45) is 0 Å². The highest BCUT2D eigenvalue weighted by Gasteiger charge is 2.26. The number of hydrogen-bond acceptors (Lipinski definition) is 4. The Labute approximate surface area is 591 Å². The second-order valence-corrected chi connectivity index (χ2v) is 26.2. The Bertz CT molecular complexity index is 6370. The summed E-state index contributed by atoms with van der Waals surface area (Å²) in [5, 5.41) is 9.14. The second kappa shape index (κ2) is 25.4. The van der Waals surface area contributed by atoms with E-state index in [1.54, 1.807) is 0 Å². The SMILES string of the molecule is c1ccc(-c2ccccc2N(c2ccc(-c3ccc(-c4ccc5ccc(-c6cccc7c6oc6c(-c8ccccc8N(c8ccc(-c9ccc%10ccccc%10c9)cc8)c8ccccc8-c8ccccc8)cccc67)cc5c4)cc3)cc2)c2ccccc2-c2cccc3c2oc2ccccc23)cc1. The summed E-state index contributed by atoms with van der Waals surface area (Å²) < 4.78 is 14.0. The Morgan fingerprint density at radius 2 is 0.490 bits per heavy atom. The number of benzene rings is 17. The molecule has 102 heavy (non-hydrogen) atoms. The molecule has 0 aliphatic heterocycles. The summed E-state index contributed by atoms with van der Waals surface area (Å²) in [6.07, 6.45) is 0. The van der Waals surface area contributed by atoms with Gasteiger partial charge in [-0.3, -0.25) is 0 Å². The van der Waals surface area contributed by atoms with Crippen LogP contribution in [0, 0.1) is 0 Å². The Kier molecular flexibility index (Phi) is 14.9. The largest absolute Gasteiger partial charge is 0.455 e. The number of para-hydroxylation sites is 8. The van der Waals surface area contributed by atoms with Crippen LogP contribution < -0.4 is 9.80 Å². The summed E-state index contributed by atoms with van der Waals surface area (Å²) in [6.45, 7) is 0. The molecule has 17 aromatic carbocycles. The van der Waals surface area contributed by atoms with Crippen LogP contribution in [0.1, 0.15) is 0 Å². The first kappa shape index (κ1) is 59.7. The molecule has 4 heteroatoms. The average Bonchev–Trinajstić information content (AvgIpc) is 1.53. The zero-order valence-corrected chi connectivity index (χ0v) is 55.7. The fourth-order valence-electron chi connectivity index (χ4n) is 15.3. The first-order valence-electron chi connectivity index (χ1n) is 34.9. The van der Waals surface area contributed by atoms with Crippen LogP contribution in [0.3, 0.4) is 0 Å². The molecule has 0 unspecified atom stereocenters. The molecule has 0 N–H and O–H groups in total. The zero-order valence-electron chi connectivity index (χ0n) is 55.7. The van der Waals surface area contributed by atoms with E-state index in [-0.39, 0.29) is 0 Å². The van der Waals surface area contributed by atoms with Crippen molar-refractivity contribution in [2.75, 3.05) is 9.80 Å². The summed E-state index contributed by atoms with van der Waals surface area (Å²) in [5.74, 6) is 0. The van der Waals surface area contributed by atoms with Gasteiger partial charge in [0.1, 0.15) is 22.3 Å². The van der Waals surface area contributed by atoms with Crippen molar-refractivity contribution in [1.82, 2.24) is 0 Å². The van der Waals surface area contributed by atoms with E-state index in [0.29, 0.717) is 0 Å². The Balaban J connectivity index is 0.647. The standard InChI is InChI=1S/C98H64N2O2/c1-3-23-71(24-4-1)80-28-9-14-39-91(80)99(93-41-16-11-30-83(93)86-34-20-36-88-85-32-13-18-43-95(85)101-97(86)88)78-58-54-67(55-59-78)66-44-46-68(47-45-66)75-52-49-70-50-53-76(64-77(70)63-75)82-33-19-37-89-90-38-21-35-87(98(90)102-96(82)89)84-31-12-17-42-94(84)100(92-40-15-10-29-81(92)72-25-5-2-6-26-72)79-60-56-69(57-61-79)74-51-48-65-22-7-8-27-73(65)62-74/h1-64H. The van der Waals surface area contributed by atoms with Gasteiger partial charge in [0.15, 0.2) is 0 Å². The highest BCUT2D eigenvalue weighted by Crippen LogP contribution is 2.50. The third kappa shape index (κ3) is 10.7. The number of fused-ring (bicyclic) bond motifs is 8. The lowest BCUT2D eigenvalue weighted by atomic mass is 9.95. The van der Waals surface area contributed by atoms with E-state index in [9.17, 15) is 0 Å². The van der Waals surface area contributed by atoms with Crippen LogP contribution in [-0.2, 0) is 0 Å². The third-order valence-electron chi connectivity index (χ3n) is 20.3. The lowest BCUT2D eigenvalue weighted by molar-refractivity contribution is 0.670. The van der Waals surface area contributed by atoms with E-state index >= 15 is 0 Å². The predicted octanol–water partition coefficient (Wildman–Crippen LogP) is 28.1. The second-order valence-electron chi connectivity index (χ2n) is 26.2. The monoisotopic (exact) mass is 1300 g/mol. The minimum atomic E-state index is 0.847. The molecule has 4 nitrogen and oxygen atoms in total. The fraction of sp³-hybridized carbons (Fsp3) is 0. The summed E-state index contributed by atoms with van der Waals surface area (Å²) in [4.78, 5) is 4.82. The fourth-order valence-corrected chi connectivity index (χ4v) is 15.3. The van der Waals surface area contributed by atoms with Gasteiger partial charge in [-0.15, -0.1) is 0 Å². The lowest BCUT2D eigenvalue weighted by Crippen LogP contribution is -2.12. The van der Waals surface area contributed by atoms with Crippen LogP contribution in [0.25, 0.3) is 154 Å². The molecule has 0 aliphatic rings. The molecule has 2 aromatic heterocycles. The predicted molar refractivity (Wildman–Crippen MR) is 429 cm³/mol. The molecule has 0 bridgehead atoms. The molecule has 19 aromatic rings. The summed E-state index contributed by atoms with van der Waals surface area (Å²) >= 11 is 0. The van der Waals surface area contributed by atoms with Crippen molar-refractivity contribution >= 4 is 99.5 Å². The van der Waals surface area contributed by atoms with Crippen molar-refractivity contribution in [3.8, 4) is 89.0 Å². The molecule has 0 saturated heterocycles. The van der Waals surface area contributed by atoms with Crippen molar-refractivity contribution in [2.45, 2.75) is 0 Å². The van der Waals surface area contributed by atoms with Gasteiger partial charge < -0.3 is 18.6 Å². The number of furan rings is 2. The topological polar surface area (TPSA) is 32.8 Å². The molecule has 0 saturated carbocycles. The van der Waals surface area contributed by atoms with Crippen molar-refractivity contribution in [1.29, 1.82) is 0 Å². The molecular formula is C98H64N2O2. The molecule has 0 aliphatic carbocycles. The van der Waals surface area contributed by atoms with Crippen LogP contribution in [0.2, 0.25) is 0 Å². The Morgan fingerprint density at radius 3 is 1.02 bits per heavy atom. The summed E-state index contributed by atoms with van der Waals surface area (Å²) in [6, 6.07) is 140. The van der Waals surface area contributed by atoms with E-state index in [4.69, 9.17) is 8.83 Å². The van der Waals surface area contributed by atoms with Crippen molar-refractivity contribution in [3.05, 3.63) is 388 Å². The maximum Gasteiger partial charge on any atom is 0.143 e. The van der Waals surface area contributed by atoms with Gasteiger partial charge in [-0.05, 0) is 144 Å². The number of rotatable bonds is 14. The molecule has 2 heterocycles. The molecule has 0 atom stereocenters. The van der Waals surface area contributed by atoms with Gasteiger partial charge in [0, 0.05) is 71.9 Å². The van der Waals surface area contributed by atoms with Crippen molar-refractivity contribution in [3.63, 3.8) is 0 Å². The van der Waals surface area contributed by atoms with Gasteiger partial charge in [-0.2, -0.15) is 0 Å². The maximum absolute atomic E-state index is 7.31. The molecule has 0 amide bonds. The number of anilines is 6. The van der Waals surface area contributed by atoms with E-state index in [0.717, 1.165) is 167 Å². The normalized spacial score (nSPS) is 11.5. The zero-order chi connectivity index (χ0) is 67.5. The Hall–Kier alpha value is -13.5. The van der Waals surface area contributed by atoms with Crippen LogP contribution in [-0.4, -0.2) is 0 Å². The minimum Gasteiger partial charge on any atom is -0.455 e. The highest BCUT2D eigenvalue weighted by atomic mass is 16.3. The van der Waals surface area contributed by atoms with E-state index < -0.39 is 0 Å². The minimum absolute atomic E-state index is 0.847. The maximum atomic E-state index is 7.31. The molecule has 0 spiro atoms. The smallest absolute Gasteiger partial charge is 0.143 e. The van der Waals surface area contributed by atoms with Gasteiger partial charge in [-0.1, -0.05) is 315 Å². The molecular weight excluding hydrogens is 1240 g/mol. The Morgan fingerprint density at radius 1 is 0.167 bits per heavy atom. The van der Waals surface area contributed by atoms with Gasteiger partial charge in [0.25, 0.3) is 0 Å². The van der Waals surface area contributed by atoms with Gasteiger partial charge in [0.05, 0.1) is 22.7 Å². The molecule has 19 rings (SSSR count). The summed E-state index contributed by atoms with van der Waals surface area (Å²) in [7, 11) is 0. The van der Waals surface area contributed by atoms with E-state index in [1.165, 1.54) is 21.7 Å². The van der Waals surface area contributed by atoms with E-state index in [2.05, 4.69) is 392 Å². The molecule has 0 radical (unpaired) electrons. The molecule has 478 valence electrons. The third-order valence-corrected chi connectivity index (χ3v) is 20.3. The highest BCUT2D eigenvalue weighted by molar-refractivity contribution is 6.15.